The van der Waals surface area contributed by atoms with Gasteiger partial charge >= 0.3 is 0 Å². The molecule has 0 saturated heterocycles. The van der Waals surface area contributed by atoms with Crippen LogP contribution in [-0.2, 0) is 6.42 Å². The Bertz CT molecular complexity index is 611. The summed E-state index contributed by atoms with van der Waals surface area (Å²) in [6, 6.07) is 10.7. The van der Waals surface area contributed by atoms with Crippen LogP contribution in [0.3, 0.4) is 0 Å². The Labute approximate surface area is 139 Å². The van der Waals surface area contributed by atoms with Crippen LogP contribution >= 0.6 is 34.8 Å². The van der Waals surface area contributed by atoms with Crippen molar-refractivity contribution in [1.29, 1.82) is 0 Å². The Balaban J connectivity index is 2.16. The molecule has 0 aliphatic heterocycles. The maximum Gasteiger partial charge on any atom is 0.130 e. The molecule has 0 spiro atoms. The highest BCUT2D eigenvalue weighted by Crippen LogP contribution is 2.31. The standard InChI is InChI=1S/C16H16Cl3NO/c1-2-13(20)5-10-3-4-14(9-16(10)19)21-15-7-11(17)6-12(18)8-15/h3-4,6-9,13H,2,5,20H2,1H3. The van der Waals surface area contributed by atoms with Crippen molar-refractivity contribution >= 4 is 34.8 Å². The van der Waals surface area contributed by atoms with E-state index in [2.05, 4.69) is 6.92 Å². The smallest absolute Gasteiger partial charge is 0.130 e. The molecule has 2 N–H and O–H groups in total. The summed E-state index contributed by atoms with van der Waals surface area (Å²) in [4.78, 5) is 0. The molecule has 2 rings (SSSR count). The number of hydrogen-bond donors (Lipinski definition) is 1. The number of nitrogens with two attached hydrogens (primary N) is 1. The first-order chi connectivity index (χ1) is 9.97. The number of halogens is 3. The van der Waals surface area contributed by atoms with Gasteiger partial charge in [-0.25, -0.2) is 0 Å². The Morgan fingerprint density at radius 1 is 1.00 bits per heavy atom. The second-order valence-electron chi connectivity index (χ2n) is 4.83. The molecular formula is C16H16Cl3NO. The lowest BCUT2D eigenvalue weighted by atomic mass is 10.0. The Hall–Kier alpha value is -0.930. The van der Waals surface area contributed by atoms with Crippen LogP contribution in [0.2, 0.25) is 15.1 Å². The first-order valence-corrected chi connectivity index (χ1v) is 7.79. The fraction of sp³-hybridized carbons (Fsp3) is 0.250. The Morgan fingerprint density at radius 3 is 2.24 bits per heavy atom. The lowest BCUT2D eigenvalue weighted by Crippen LogP contribution is -2.21. The quantitative estimate of drug-likeness (QED) is 0.753. The summed E-state index contributed by atoms with van der Waals surface area (Å²) in [5, 5.41) is 1.69. The molecule has 2 nitrogen and oxygen atoms in total. The van der Waals surface area contributed by atoms with Gasteiger partial charge in [-0.2, -0.15) is 0 Å². The van der Waals surface area contributed by atoms with Crippen LogP contribution in [0.4, 0.5) is 0 Å². The largest absolute Gasteiger partial charge is 0.457 e. The van der Waals surface area contributed by atoms with Crippen LogP contribution in [0.1, 0.15) is 18.9 Å². The van der Waals surface area contributed by atoms with Gasteiger partial charge in [0.05, 0.1) is 0 Å². The summed E-state index contributed by atoms with van der Waals surface area (Å²) in [6.07, 6.45) is 1.66. The van der Waals surface area contributed by atoms with Crippen molar-refractivity contribution < 1.29 is 4.74 Å². The van der Waals surface area contributed by atoms with Crippen molar-refractivity contribution in [1.82, 2.24) is 0 Å². The van der Waals surface area contributed by atoms with E-state index in [1.807, 2.05) is 12.1 Å². The number of hydrogen-bond acceptors (Lipinski definition) is 2. The molecular weight excluding hydrogens is 329 g/mol. The van der Waals surface area contributed by atoms with Gasteiger partial charge in [0.15, 0.2) is 0 Å². The van der Waals surface area contributed by atoms with Gasteiger partial charge < -0.3 is 10.5 Å². The summed E-state index contributed by atoms with van der Waals surface area (Å²) < 4.78 is 5.72. The normalized spacial score (nSPS) is 12.2. The van der Waals surface area contributed by atoms with Crippen LogP contribution in [0.25, 0.3) is 0 Å². The molecule has 0 aliphatic rings. The molecule has 0 aromatic heterocycles. The Morgan fingerprint density at radius 2 is 1.67 bits per heavy atom. The van der Waals surface area contributed by atoms with Crippen LogP contribution in [0.5, 0.6) is 11.5 Å². The predicted octanol–water partition coefficient (Wildman–Crippen LogP) is 5.72. The van der Waals surface area contributed by atoms with Gasteiger partial charge in [-0.05, 0) is 48.7 Å². The van der Waals surface area contributed by atoms with Crippen molar-refractivity contribution in [2.45, 2.75) is 25.8 Å². The molecule has 2 aromatic carbocycles. The SMILES string of the molecule is CCC(N)Cc1ccc(Oc2cc(Cl)cc(Cl)c2)cc1Cl. The topological polar surface area (TPSA) is 35.2 Å². The van der Waals surface area contributed by atoms with E-state index in [1.54, 1.807) is 24.3 Å². The van der Waals surface area contributed by atoms with Crippen molar-refractivity contribution in [3.8, 4) is 11.5 Å². The van der Waals surface area contributed by atoms with Crippen molar-refractivity contribution in [3.05, 3.63) is 57.0 Å². The number of ether oxygens (including phenoxy) is 1. The summed E-state index contributed by atoms with van der Waals surface area (Å²) in [5.74, 6) is 1.20. The lowest BCUT2D eigenvalue weighted by Gasteiger charge is -2.12. The second-order valence-corrected chi connectivity index (χ2v) is 6.11. The van der Waals surface area contributed by atoms with Crippen LogP contribution < -0.4 is 10.5 Å². The maximum absolute atomic E-state index is 6.27. The van der Waals surface area contributed by atoms with Gasteiger partial charge in [0.2, 0.25) is 0 Å². The number of rotatable bonds is 5. The van der Waals surface area contributed by atoms with E-state index < -0.39 is 0 Å². The van der Waals surface area contributed by atoms with Crippen molar-refractivity contribution in [2.75, 3.05) is 0 Å². The van der Waals surface area contributed by atoms with E-state index >= 15 is 0 Å². The highest BCUT2D eigenvalue weighted by atomic mass is 35.5. The van der Waals surface area contributed by atoms with Gasteiger partial charge in [-0.3, -0.25) is 0 Å². The highest BCUT2D eigenvalue weighted by Gasteiger charge is 2.08. The van der Waals surface area contributed by atoms with E-state index in [9.17, 15) is 0 Å². The summed E-state index contributed by atoms with van der Waals surface area (Å²) in [7, 11) is 0. The third-order valence-electron chi connectivity index (χ3n) is 3.10. The molecule has 1 atom stereocenters. The van der Waals surface area contributed by atoms with Gasteiger partial charge in [0.1, 0.15) is 11.5 Å². The summed E-state index contributed by atoms with van der Waals surface area (Å²) in [6.45, 7) is 2.05. The third kappa shape index (κ3) is 4.79. The highest BCUT2D eigenvalue weighted by molar-refractivity contribution is 6.34. The van der Waals surface area contributed by atoms with Gasteiger partial charge in [0.25, 0.3) is 0 Å². The van der Waals surface area contributed by atoms with Crippen molar-refractivity contribution in [2.24, 2.45) is 5.73 Å². The Kier molecular flexibility index (Phi) is 5.77. The van der Waals surface area contributed by atoms with Gasteiger partial charge in [0, 0.05) is 21.1 Å². The summed E-state index contributed by atoms with van der Waals surface area (Å²) >= 11 is 18.2. The van der Waals surface area contributed by atoms with Crippen molar-refractivity contribution in [3.63, 3.8) is 0 Å². The fourth-order valence-corrected chi connectivity index (χ4v) is 2.66. The molecule has 0 radical (unpaired) electrons. The second kappa shape index (κ2) is 7.37. The van der Waals surface area contributed by atoms with Crippen LogP contribution in [0, 0.1) is 0 Å². The van der Waals surface area contributed by atoms with E-state index in [0.717, 1.165) is 18.4 Å². The lowest BCUT2D eigenvalue weighted by molar-refractivity contribution is 0.482. The molecule has 1 unspecified atom stereocenters. The van der Waals surface area contributed by atoms with Gasteiger partial charge in [-0.1, -0.05) is 47.8 Å². The molecule has 5 heteroatoms. The zero-order valence-corrected chi connectivity index (χ0v) is 13.8. The molecule has 0 fully saturated rings. The average molecular weight is 345 g/mol. The molecule has 0 amide bonds. The van der Waals surface area contributed by atoms with E-state index in [-0.39, 0.29) is 6.04 Å². The minimum absolute atomic E-state index is 0.112. The third-order valence-corrected chi connectivity index (χ3v) is 3.89. The molecule has 0 heterocycles. The van der Waals surface area contributed by atoms with Crippen LogP contribution in [-0.4, -0.2) is 6.04 Å². The summed E-state index contributed by atoms with van der Waals surface area (Å²) in [5.41, 5.74) is 6.97. The maximum atomic E-state index is 6.27. The molecule has 2 aromatic rings. The first-order valence-electron chi connectivity index (χ1n) is 6.66. The average Bonchev–Trinajstić information content (AvgIpc) is 2.40. The van der Waals surface area contributed by atoms with Crippen LogP contribution in [0.15, 0.2) is 36.4 Å². The first kappa shape index (κ1) is 16.4. The minimum Gasteiger partial charge on any atom is -0.457 e. The van der Waals surface area contributed by atoms with Gasteiger partial charge in [-0.15, -0.1) is 0 Å². The molecule has 21 heavy (non-hydrogen) atoms. The zero-order chi connectivity index (χ0) is 15.4. The predicted molar refractivity (Wildman–Crippen MR) is 90.0 cm³/mol. The zero-order valence-electron chi connectivity index (χ0n) is 11.6. The monoisotopic (exact) mass is 343 g/mol. The fourth-order valence-electron chi connectivity index (χ4n) is 1.91. The van der Waals surface area contributed by atoms with E-state index in [1.165, 1.54) is 0 Å². The van der Waals surface area contributed by atoms with E-state index in [0.29, 0.717) is 26.6 Å². The minimum atomic E-state index is 0.112. The number of benzene rings is 2. The molecule has 0 saturated carbocycles. The molecule has 0 bridgehead atoms. The van der Waals surface area contributed by atoms with E-state index in [4.69, 9.17) is 45.3 Å². The molecule has 112 valence electrons. The molecule has 0 aliphatic carbocycles.